The molecular formula is C17H21ClN4O. The Morgan fingerprint density at radius 2 is 2.35 bits per heavy atom. The second kappa shape index (κ2) is 7.04. The van der Waals surface area contributed by atoms with Crippen LogP contribution in [0, 0.1) is 12.8 Å². The summed E-state index contributed by atoms with van der Waals surface area (Å²) in [4.78, 5) is 14.3. The van der Waals surface area contributed by atoms with E-state index in [9.17, 15) is 4.79 Å². The van der Waals surface area contributed by atoms with Crippen LogP contribution in [0.5, 0.6) is 0 Å². The molecule has 23 heavy (non-hydrogen) atoms. The normalized spacial score (nSPS) is 17.5. The third-order valence-electron chi connectivity index (χ3n) is 4.25. The number of carbonyl (C=O) groups is 1. The maximum atomic E-state index is 11.9. The Morgan fingerprint density at radius 1 is 1.48 bits per heavy atom. The molecule has 2 aromatic rings. The zero-order valence-electron chi connectivity index (χ0n) is 13.2. The van der Waals surface area contributed by atoms with E-state index in [0.29, 0.717) is 12.5 Å². The Morgan fingerprint density at radius 3 is 3.13 bits per heavy atom. The van der Waals surface area contributed by atoms with Crippen molar-refractivity contribution in [3.63, 3.8) is 0 Å². The van der Waals surface area contributed by atoms with Gasteiger partial charge in [-0.05, 0) is 43.0 Å². The fourth-order valence-corrected chi connectivity index (χ4v) is 3.16. The Kier molecular flexibility index (Phi) is 4.86. The molecule has 1 fully saturated rings. The van der Waals surface area contributed by atoms with Crippen LogP contribution in [-0.2, 0) is 11.3 Å². The minimum Gasteiger partial charge on any atom is -0.371 e. The molecule has 1 aliphatic heterocycles. The number of nitrogens with zero attached hydrogens (tertiary/aromatic N) is 3. The summed E-state index contributed by atoms with van der Waals surface area (Å²) in [5, 5.41) is 7.81. The number of rotatable bonds is 5. The first-order valence-corrected chi connectivity index (χ1v) is 8.25. The van der Waals surface area contributed by atoms with Crippen molar-refractivity contribution < 1.29 is 4.79 Å². The molecule has 5 nitrogen and oxygen atoms in total. The molecule has 0 unspecified atom stereocenters. The van der Waals surface area contributed by atoms with Crippen molar-refractivity contribution in [3.8, 4) is 0 Å². The summed E-state index contributed by atoms with van der Waals surface area (Å²) >= 11 is 6.11. The predicted molar refractivity (Wildman–Crippen MR) is 91.7 cm³/mol. The minimum atomic E-state index is 0.00564. The Labute approximate surface area is 141 Å². The van der Waals surface area contributed by atoms with Crippen LogP contribution in [0.1, 0.15) is 12.0 Å². The summed E-state index contributed by atoms with van der Waals surface area (Å²) in [5.74, 6) is 0.473. The molecule has 122 valence electrons. The van der Waals surface area contributed by atoms with Crippen LogP contribution in [0.4, 0.5) is 5.69 Å². The van der Waals surface area contributed by atoms with Crippen molar-refractivity contribution >= 4 is 23.2 Å². The fourth-order valence-electron chi connectivity index (χ4n) is 3.00. The quantitative estimate of drug-likeness (QED) is 0.915. The molecule has 1 aliphatic rings. The second-order valence-electron chi connectivity index (χ2n) is 6.04. The van der Waals surface area contributed by atoms with Gasteiger partial charge in [-0.25, -0.2) is 0 Å². The molecule has 1 N–H and O–H groups in total. The SMILES string of the molecule is Cc1ccc(Cl)cc1N1CC[C@@H](CNC(=O)Cn2cccn2)C1. The van der Waals surface area contributed by atoms with Crippen LogP contribution >= 0.6 is 11.6 Å². The lowest BCUT2D eigenvalue weighted by molar-refractivity contribution is -0.122. The molecule has 0 bridgehead atoms. The number of amides is 1. The summed E-state index contributed by atoms with van der Waals surface area (Å²) in [6, 6.07) is 7.81. The molecule has 1 aromatic carbocycles. The third kappa shape index (κ3) is 4.05. The van der Waals surface area contributed by atoms with Crippen LogP contribution in [0.15, 0.2) is 36.7 Å². The van der Waals surface area contributed by atoms with Crippen molar-refractivity contribution in [2.45, 2.75) is 19.9 Å². The number of aromatic nitrogens is 2. The Hall–Kier alpha value is -2.01. The van der Waals surface area contributed by atoms with E-state index in [2.05, 4.69) is 28.3 Å². The molecule has 0 spiro atoms. The Bertz CT molecular complexity index is 671. The summed E-state index contributed by atoms with van der Waals surface area (Å²) in [6.07, 6.45) is 4.54. The highest BCUT2D eigenvalue weighted by atomic mass is 35.5. The maximum Gasteiger partial charge on any atom is 0.241 e. The lowest BCUT2D eigenvalue weighted by Crippen LogP contribution is -2.33. The lowest BCUT2D eigenvalue weighted by atomic mass is 10.1. The number of hydrogen-bond donors (Lipinski definition) is 1. The van der Waals surface area contributed by atoms with Crippen LogP contribution in [0.2, 0.25) is 5.02 Å². The van der Waals surface area contributed by atoms with Gasteiger partial charge in [0.25, 0.3) is 0 Å². The number of nitrogens with one attached hydrogen (secondary N) is 1. The highest BCUT2D eigenvalue weighted by molar-refractivity contribution is 6.30. The molecule has 1 aromatic heterocycles. The molecular weight excluding hydrogens is 312 g/mol. The van der Waals surface area contributed by atoms with Gasteiger partial charge in [0.2, 0.25) is 5.91 Å². The topological polar surface area (TPSA) is 50.2 Å². The largest absolute Gasteiger partial charge is 0.371 e. The van der Waals surface area contributed by atoms with Gasteiger partial charge in [0, 0.05) is 42.7 Å². The smallest absolute Gasteiger partial charge is 0.241 e. The van der Waals surface area contributed by atoms with Gasteiger partial charge in [-0.1, -0.05) is 17.7 Å². The van der Waals surface area contributed by atoms with Crippen LogP contribution < -0.4 is 10.2 Å². The molecule has 2 heterocycles. The molecule has 1 atom stereocenters. The van der Waals surface area contributed by atoms with E-state index < -0.39 is 0 Å². The molecule has 0 radical (unpaired) electrons. The molecule has 1 saturated heterocycles. The summed E-state index contributed by atoms with van der Waals surface area (Å²) in [7, 11) is 0. The molecule has 1 amide bonds. The summed E-state index contributed by atoms with van der Waals surface area (Å²) in [6.45, 7) is 5.03. The number of carbonyl (C=O) groups excluding carboxylic acids is 1. The first kappa shape index (κ1) is 15.9. The molecule has 3 rings (SSSR count). The average molecular weight is 333 g/mol. The Balaban J connectivity index is 1.50. The van der Waals surface area contributed by atoms with E-state index in [1.807, 2.05) is 18.2 Å². The summed E-state index contributed by atoms with van der Waals surface area (Å²) in [5.41, 5.74) is 2.43. The van der Waals surface area contributed by atoms with E-state index >= 15 is 0 Å². The van der Waals surface area contributed by atoms with Crippen molar-refractivity contribution in [2.75, 3.05) is 24.5 Å². The van der Waals surface area contributed by atoms with E-state index in [4.69, 9.17) is 11.6 Å². The van der Waals surface area contributed by atoms with Crippen LogP contribution in [0.3, 0.4) is 0 Å². The van der Waals surface area contributed by atoms with Crippen molar-refractivity contribution in [1.82, 2.24) is 15.1 Å². The fraction of sp³-hybridized carbons (Fsp3) is 0.412. The number of benzene rings is 1. The van der Waals surface area contributed by atoms with Crippen molar-refractivity contribution in [1.29, 1.82) is 0 Å². The molecule has 0 aliphatic carbocycles. The van der Waals surface area contributed by atoms with Gasteiger partial charge in [-0.2, -0.15) is 5.10 Å². The van der Waals surface area contributed by atoms with Crippen LogP contribution in [0.25, 0.3) is 0 Å². The minimum absolute atomic E-state index is 0.00564. The summed E-state index contributed by atoms with van der Waals surface area (Å²) < 4.78 is 1.63. The number of halogens is 1. The van der Waals surface area contributed by atoms with Gasteiger partial charge >= 0.3 is 0 Å². The van der Waals surface area contributed by atoms with Crippen molar-refractivity contribution in [3.05, 3.63) is 47.2 Å². The first-order valence-electron chi connectivity index (χ1n) is 7.87. The van der Waals surface area contributed by atoms with Crippen LogP contribution in [-0.4, -0.2) is 35.3 Å². The molecule has 0 saturated carbocycles. The monoisotopic (exact) mass is 332 g/mol. The predicted octanol–water partition coefficient (Wildman–Crippen LogP) is 2.49. The van der Waals surface area contributed by atoms with E-state index in [1.165, 1.54) is 11.3 Å². The zero-order chi connectivity index (χ0) is 16.2. The standard InChI is InChI=1S/C17H21ClN4O/c1-13-3-4-15(18)9-16(13)21-8-5-14(11-21)10-19-17(23)12-22-7-2-6-20-22/h2-4,6-7,9,14H,5,8,10-12H2,1H3,(H,19,23)/t14-/m0/s1. The van der Waals surface area contributed by atoms with Crippen molar-refractivity contribution in [2.24, 2.45) is 5.92 Å². The van der Waals surface area contributed by atoms with Gasteiger partial charge in [0.15, 0.2) is 0 Å². The maximum absolute atomic E-state index is 11.9. The van der Waals surface area contributed by atoms with Gasteiger partial charge in [0.1, 0.15) is 6.54 Å². The van der Waals surface area contributed by atoms with E-state index in [1.54, 1.807) is 17.1 Å². The lowest BCUT2D eigenvalue weighted by Gasteiger charge is -2.21. The van der Waals surface area contributed by atoms with Gasteiger partial charge in [-0.15, -0.1) is 0 Å². The van der Waals surface area contributed by atoms with E-state index in [0.717, 1.165) is 24.5 Å². The highest BCUT2D eigenvalue weighted by Crippen LogP contribution is 2.29. The number of hydrogen-bond acceptors (Lipinski definition) is 3. The number of aryl methyl sites for hydroxylation is 1. The second-order valence-corrected chi connectivity index (χ2v) is 6.48. The number of anilines is 1. The van der Waals surface area contributed by atoms with Gasteiger partial charge < -0.3 is 10.2 Å². The van der Waals surface area contributed by atoms with Gasteiger partial charge in [0.05, 0.1) is 0 Å². The third-order valence-corrected chi connectivity index (χ3v) is 4.49. The molecule has 6 heteroatoms. The highest BCUT2D eigenvalue weighted by Gasteiger charge is 2.24. The first-order chi connectivity index (χ1) is 11.1. The van der Waals surface area contributed by atoms with Gasteiger partial charge in [-0.3, -0.25) is 9.48 Å². The van der Waals surface area contributed by atoms with E-state index in [-0.39, 0.29) is 12.5 Å². The zero-order valence-corrected chi connectivity index (χ0v) is 14.0. The average Bonchev–Trinajstić information content (AvgIpc) is 3.19.